The lowest BCUT2D eigenvalue weighted by atomic mass is 10.6. The first-order chi connectivity index (χ1) is 4.86. The number of rotatable bonds is 3. The standard InChI is InChI=1S/C7H10O2S/c1-3-9-7-4-6(8-2)5-10-7/h4-5H,3H2,1-2H3. The normalized spacial score (nSPS) is 9.40. The van der Waals surface area contributed by atoms with Crippen molar-refractivity contribution in [3.8, 4) is 10.8 Å². The summed E-state index contributed by atoms with van der Waals surface area (Å²) in [4.78, 5) is 0. The van der Waals surface area contributed by atoms with Gasteiger partial charge in [-0.2, -0.15) is 0 Å². The highest BCUT2D eigenvalue weighted by molar-refractivity contribution is 7.12. The van der Waals surface area contributed by atoms with Crippen LogP contribution >= 0.6 is 11.3 Å². The molecular weight excluding hydrogens is 148 g/mol. The van der Waals surface area contributed by atoms with Crippen LogP contribution in [-0.4, -0.2) is 13.7 Å². The molecule has 1 heterocycles. The zero-order chi connectivity index (χ0) is 7.40. The molecule has 0 saturated carbocycles. The molecule has 0 spiro atoms. The lowest BCUT2D eigenvalue weighted by Crippen LogP contribution is -1.87. The summed E-state index contributed by atoms with van der Waals surface area (Å²) < 4.78 is 10.2. The minimum Gasteiger partial charge on any atom is -0.496 e. The maximum Gasteiger partial charge on any atom is 0.177 e. The summed E-state index contributed by atoms with van der Waals surface area (Å²) in [6.07, 6.45) is 0. The number of thiophene rings is 1. The average molecular weight is 158 g/mol. The Morgan fingerprint density at radius 3 is 2.90 bits per heavy atom. The van der Waals surface area contributed by atoms with Gasteiger partial charge in [-0.15, -0.1) is 11.3 Å². The van der Waals surface area contributed by atoms with Crippen LogP contribution in [0.2, 0.25) is 0 Å². The monoisotopic (exact) mass is 158 g/mol. The molecule has 0 amide bonds. The predicted octanol–water partition coefficient (Wildman–Crippen LogP) is 2.16. The number of hydrogen-bond acceptors (Lipinski definition) is 3. The highest BCUT2D eigenvalue weighted by Crippen LogP contribution is 2.27. The molecule has 2 nitrogen and oxygen atoms in total. The lowest BCUT2D eigenvalue weighted by molar-refractivity contribution is 0.347. The van der Waals surface area contributed by atoms with Gasteiger partial charge in [-0.05, 0) is 6.92 Å². The van der Waals surface area contributed by atoms with Crippen molar-refractivity contribution in [3.05, 3.63) is 11.4 Å². The molecule has 0 N–H and O–H groups in total. The van der Waals surface area contributed by atoms with Crippen LogP contribution in [0.5, 0.6) is 10.8 Å². The van der Waals surface area contributed by atoms with E-state index in [1.54, 1.807) is 18.4 Å². The summed E-state index contributed by atoms with van der Waals surface area (Å²) in [5.74, 6) is 0.869. The van der Waals surface area contributed by atoms with Crippen molar-refractivity contribution in [2.75, 3.05) is 13.7 Å². The van der Waals surface area contributed by atoms with Gasteiger partial charge in [0.15, 0.2) is 5.06 Å². The van der Waals surface area contributed by atoms with E-state index < -0.39 is 0 Å². The molecule has 0 aliphatic heterocycles. The fraction of sp³-hybridized carbons (Fsp3) is 0.429. The molecule has 56 valence electrons. The van der Waals surface area contributed by atoms with Crippen LogP contribution in [0.25, 0.3) is 0 Å². The Hall–Kier alpha value is -0.700. The van der Waals surface area contributed by atoms with E-state index in [0.29, 0.717) is 6.61 Å². The first-order valence-electron chi connectivity index (χ1n) is 3.12. The van der Waals surface area contributed by atoms with Crippen molar-refractivity contribution in [1.82, 2.24) is 0 Å². The fourth-order valence-corrected chi connectivity index (χ4v) is 1.39. The Balaban J connectivity index is 2.59. The summed E-state index contributed by atoms with van der Waals surface area (Å²) in [5.41, 5.74) is 0. The molecule has 0 aliphatic carbocycles. The lowest BCUT2D eigenvalue weighted by Gasteiger charge is -1.94. The topological polar surface area (TPSA) is 18.5 Å². The van der Waals surface area contributed by atoms with Crippen molar-refractivity contribution in [2.45, 2.75) is 6.92 Å². The summed E-state index contributed by atoms with van der Waals surface area (Å²) >= 11 is 1.55. The third kappa shape index (κ3) is 1.64. The Morgan fingerprint density at radius 2 is 2.40 bits per heavy atom. The Morgan fingerprint density at radius 1 is 1.60 bits per heavy atom. The first kappa shape index (κ1) is 7.41. The van der Waals surface area contributed by atoms with Gasteiger partial charge in [0, 0.05) is 11.4 Å². The van der Waals surface area contributed by atoms with Crippen molar-refractivity contribution < 1.29 is 9.47 Å². The van der Waals surface area contributed by atoms with Gasteiger partial charge in [-0.3, -0.25) is 0 Å². The van der Waals surface area contributed by atoms with E-state index in [-0.39, 0.29) is 0 Å². The second-order valence-electron chi connectivity index (χ2n) is 1.74. The van der Waals surface area contributed by atoms with Crippen molar-refractivity contribution in [2.24, 2.45) is 0 Å². The van der Waals surface area contributed by atoms with E-state index >= 15 is 0 Å². The molecule has 0 bridgehead atoms. The Bertz CT molecular complexity index is 195. The van der Waals surface area contributed by atoms with E-state index in [0.717, 1.165) is 10.8 Å². The van der Waals surface area contributed by atoms with Gasteiger partial charge in [-0.25, -0.2) is 0 Å². The van der Waals surface area contributed by atoms with Gasteiger partial charge >= 0.3 is 0 Å². The second kappa shape index (κ2) is 3.46. The van der Waals surface area contributed by atoms with Crippen LogP contribution in [0.4, 0.5) is 0 Å². The smallest absolute Gasteiger partial charge is 0.177 e. The largest absolute Gasteiger partial charge is 0.496 e. The van der Waals surface area contributed by atoms with Gasteiger partial charge in [-0.1, -0.05) is 0 Å². The van der Waals surface area contributed by atoms with Gasteiger partial charge in [0.2, 0.25) is 0 Å². The molecule has 1 aromatic rings. The minimum atomic E-state index is 0.712. The van der Waals surface area contributed by atoms with E-state index in [2.05, 4.69) is 0 Å². The SMILES string of the molecule is CCOc1cc(OC)cs1. The molecule has 0 saturated heterocycles. The second-order valence-corrected chi connectivity index (χ2v) is 2.61. The minimum absolute atomic E-state index is 0.712. The zero-order valence-electron chi connectivity index (χ0n) is 6.09. The highest BCUT2D eigenvalue weighted by atomic mass is 32.1. The number of ether oxygens (including phenoxy) is 2. The van der Waals surface area contributed by atoms with Crippen LogP contribution < -0.4 is 9.47 Å². The Labute approximate surface area is 64.4 Å². The molecular formula is C7H10O2S. The van der Waals surface area contributed by atoms with Crippen molar-refractivity contribution in [1.29, 1.82) is 0 Å². The molecule has 10 heavy (non-hydrogen) atoms. The van der Waals surface area contributed by atoms with E-state index in [4.69, 9.17) is 9.47 Å². The Kier molecular flexibility index (Phi) is 2.57. The molecule has 0 atom stereocenters. The number of methoxy groups -OCH3 is 1. The summed E-state index contributed by atoms with van der Waals surface area (Å²) in [6, 6.07) is 1.88. The molecule has 0 radical (unpaired) electrons. The van der Waals surface area contributed by atoms with Crippen LogP contribution in [-0.2, 0) is 0 Å². The third-order valence-electron chi connectivity index (χ3n) is 1.07. The van der Waals surface area contributed by atoms with E-state index in [9.17, 15) is 0 Å². The predicted molar refractivity (Wildman–Crippen MR) is 42.0 cm³/mol. The van der Waals surface area contributed by atoms with E-state index in [1.165, 1.54) is 0 Å². The molecule has 0 aliphatic rings. The molecule has 3 heteroatoms. The number of hydrogen-bond donors (Lipinski definition) is 0. The highest BCUT2D eigenvalue weighted by Gasteiger charge is 1.97. The maximum atomic E-state index is 5.23. The zero-order valence-corrected chi connectivity index (χ0v) is 6.90. The van der Waals surface area contributed by atoms with Gasteiger partial charge in [0.25, 0.3) is 0 Å². The van der Waals surface area contributed by atoms with Gasteiger partial charge < -0.3 is 9.47 Å². The molecule has 0 fully saturated rings. The quantitative estimate of drug-likeness (QED) is 0.671. The maximum absolute atomic E-state index is 5.23. The van der Waals surface area contributed by atoms with Crippen molar-refractivity contribution in [3.63, 3.8) is 0 Å². The van der Waals surface area contributed by atoms with Crippen LogP contribution in [0.1, 0.15) is 6.92 Å². The van der Waals surface area contributed by atoms with Crippen LogP contribution in [0.15, 0.2) is 11.4 Å². The van der Waals surface area contributed by atoms with Crippen LogP contribution in [0, 0.1) is 0 Å². The summed E-state index contributed by atoms with van der Waals surface area (Å²) in [5, 5.41) is 2.84. The summed E-state index contributed by atoms with van der Waals surface area (Å²) in [6.45, 7) is 2.68. The fourth-order valence-electron chi connectivity index (χ4n) is 0.625. The van der Waals surface area contributed by atoms with Crippen molar-refractivity contribution >= 4 is 11.3 Å². The molecule has 0 aromatic carbocycles. The van der Waals surface area contributed by atoms with Crippen LogP contribution in [0.3, 0.4) is 0 Å². The van der Waals surface area contributed by atoms with Gasteiger partial charge in [0.1, 0.15) is 5.75 Å². The molecule has 1 aromatic heterocycles. The van der Waals surface area contributed by atoms with E-state index in [1.807, 2.05) is 18.4 Å². The summed E-state index contributed by atoms with van der Waals surface area (Å²) in [7, 11) is 1.65. The first-order valence-corrected chi connectivity index (χ1v) is 4.00. The third-order valence-corrected chi connectivity index (χ3v) is 1.89. The molecule has 0 unspecified atom stereocenters. The average Bonchev–Trinajstić information content (AvgIpc) is 2.37. The molecule has 1 rings (SSSR count). The van der Waals surface area contributed by atoms with Gasteiger partial charge in [0.05, 0.1) is 13.7 Å².